The molecule has 150 valence electrons. The van der Waals surface area contributed by atoms with Gasteiger partial charge in [0.25, 0.3) is 0 Å². The van der Waals surface area contributed by atoms with Crippen molar-refractivity contribution in [2.75, 3.05) is 0 Å². The van der Waals surface area contributed by atoms with Crippen LogP contribution in [0.15, 0.2) is 66.0 Å². The van der Waals surface area contributed by atoms with Crippen LogP contribution in [0, 0.1) is 5.21 Å². The molecule has 3 aromatic carbocycles. The first-order valence-corrected chi connectivity index (χ1v) is 10.4. The molecule has 3 N–H and O–H groups in total. The van der Waals surface area contributed by atoms with Crippen LogP contribution in [0.25, 0.3) is 33.0 Å². The zero-order chi connectivity index (χ0) is 21.3. The Labute approximate surface area is 186 Å². The van der Waals surface area contributed by atoms with Crippen LogP contribution in [0.4, 0.5) is 5.69 Å². The molecule has 1 heterocycles. The highest BCUT2D eigenvalue weighted by Gasteiger charge is 2.18. The monoisotopic (exact) mass is 456 g/mol. The number of quaternary nitrogens is 1. The third-order valence-corrected chi connectivity index (χ3v) is 6.04. The number of rotatable bonds is 5. The summed E-state index contributed by atoms with van der Waals surface area (Å²) in [6, 6.07) is 17.1. The summed E-state index contributed by atoms with van der Waals surface area (Å²) in [6.45, 7) is 0. The summed E-state index contributed by atoms with van der Waals surface area (Å²) in [7, 11) is 0. The third kappa shape index (κ3) is 3.96. The fourth-order valence-electron chi connectivity index (χ4n) is 3.16. The molecule has 0 unspecified atom stereocenters. The Bertz CT molecular complexity index is 1260. The molecule has 0 bridgehead atoms. The number of hydrogen-bond donors (Lipinski definition) is 2. The molecule has 5 nitrogen and oxygen atoms in total. The van der Waals surface area contributed by atoms with Crippen molar-refractivity contribution in [2.24, 2.45) is 0 Å². The number of thiazole rings is 1. The first-order valence-electron chi connectivity index (χ1n) is 8.81. The van der Waals surface area contributed by atoms with Gasteiger partial charge in [-0.3, -0.25) is 0 Å². The average Bonchev–Trinajstić information content (AvgIpc) is 3.25. The summed E-state index contributed by atoms with van der Waals surface area (Å²) in [5.41, 5.74) is 4.33. The van der Waals surface area contributed by atoms with Crippen LogP contribution >= 0.6 is 34.5 Å². The second-order valence-electron chi connectivity index (χ2n) is 6.43. The molecule has 0 amide bonds. The highest BCUT2D eigenvalue weighted by Crippen LogP contribution is 2.36. The number of carbonyl (C=O) groups is 1. The summed E-state index contributed by atoms with van der Waals surface area (Å²) < 4.78 is 0. The first-order chi connectivity index (χ1) is 14.5. The van der Waals surface area contributed by atoms with Crippen molar-refractivity contribution in [3.05, 3.63) is 86.9 Å². The van der Waals surface area contributed by atoms with Gasteiger partial charge in [0.15, 0.2) is 0 Å². The number of nitrogens with zero attached hydrogens (tertiary/aromatic N) is 1. The summed E-state index contributed by atoms with van der Waals surface area (Å²) in [6.07, 6.45) is 0. The molecule has 0 fully saturated rings. The van der Waals surface area contributed by atoms with Crippen molar-refractivity contribution in [3.63, 3.8) is 0 Å². The molecule has 0 aliphatic heterocycles. The molecule has 0 radical (unpaired) electrons. The van der Waals surface area contributed by atoms with E-state index < -0.39 is 5.97 Å². The predicted octanol–water partition coefficient (Wildman–Crippen LogP) is 5.84. The van der Waals surface area contributed by atoms with E-state index in [2.05, 4.69) is 4.98 Å². The van der Waals surface area contributed by atoms with Gasteiger partial charge in [-0.25, -0.2) is 9.78 Å². The molecule has 0 spiro atoms. The Hall–Kier alpha value is -2.74. The molecule has 0 aliphatic carbocycles. The molecule has 0 aliphatic rings. The Kier molecular flexibility index (Phi) is 5.85. The number of nitrogens with two attached hydrogens (primary N) is 1. The molecule has 0 saturated heterocycles. The molecule has 30 heavy (non-hydrogen) atoms. The largest absolute Gasteiger partial charge is 0.630 e. The van der Waals surface area contributed by atoms with Gasteiger partial charge in [0, 0.05) is 32.7 Å². The maximum atomic E-state index is 11.9. The summed E-state index contributed by atoms with van der Waals surface area (Å²) >= 11 is 13.7. The lowest BCUT2D eigenvalue weighted by Crippen LogP contribution is -2.70. The minimum atomic E-state index is -1.08. The fourth-order valence-corrected chi connectivity index (χ4v) is 4.36. The number of hydrogen-bond acceptors (Lipinski definition) is 4. The highest BCUT2D eigenvalue weighted by molar-refractivity contribution is 7.13. The molecule has 4 aromatic rings. The van der Waals surface area contributed by atoms with E-state index in [-0.39, 0.29) is 5.56 Å². The minimum absolute atomic E-state index is 0.0966. The van der Waals surface area contributed by atoms with Crippen molar-refractivity contribution in [1.29, 1.82) is 0 Å². The summed E-state index contributed by atoms with van der Waals surface area (Å²) in [5, 5.41) is 24.7. The van der Waals surface area contributed by atoms with Gasteiger partial charge in [-0.15, -0.1) is 11.3 Å². The van der Waals surface area contributed by atoms with E-state index in [1.807, 2.05) is 5.38 Å². The molecule has 8 heteroatoms. The second-order valence-corrected chi connectivity index (χ2v) is 8.13. The quantitative estimate of drug-likeness (QED) is 0.291. The summed E-state index contributed by atoms with van der Waals surface area (Å²) in [5.74, 6) is -1.08. The van der Waals surface area contributed by atoms with Crippen molar-refractivity contribution in [1.82, 2.24) is 4.98 Å². The normalized spacial score (nSPS) is 10.9. The zero-order valence-electron chi connectivity index (χ0n) is 15.3. The van der Waals surface area contributed by atoms with Crippen molar-refractivity contribution < 1.29 is 15.4 Å². The van der Waals surface area contributed by atoms with E-state index in [0.717, 1.165) is 5.48 Å². The van der Waals surface area contributed by atoms with Crippen molar-refractivity contribution in [2.45, 2.75) is 0 Å². The number of carboxylic acids is 1. The maximum absolute atomic E-state index is 11.9. The Morgan fingerprint density at radius 1 is 1.00 bits per heavy atom. The lowest BCUT2D eigenvalue weighted by molar-refractivity contribution is -0.496. The van der Waals surface area contributed by atoms with Gasteiger partial charge in [-0.05, 0) is 36.4 Å². The molecule has 1 aromatic heterocycles. The Balaban J connectivity index is 1.78. The van der Waals surface area contributed by atoms with E-state index in [9.17, 15) is 15.1 Å². The molecular formula is C22H14Cl2N2O3S. The van der Waals surface area contributed by atoms with E-state index in [1.54, 1.807) is 60.7 Å². The van der Waals surface area contributed by atoms with Crippen molar-refractivity contribution in [3.8, 4) is 33.0 Å². The van der Waals surface area contributed by atoms with Crippen LogP contribution in [0.3, 0.4) is 0 Å². The topological polar surface area (TPSA) is 89.9 Å². The van der Waals surface area contributed by atoms with Crippen LogP contribution in [0.1, 0.15) is 10.4 Å². The minimum Gasteiger partial charge on any atom is -0.630 e. The Morgan fingerprint density at radius 3 is 2.57 bits per heavy atom. The Morgan fingerprint density at radius 2 is 1.80 bits per heavy atom. The maximum Gasteiger partial charge on any atom is 0.336 e. The van der Waals surface area contributed by atoms with Gasteiger partial charge in [0.05, 0.1) is 16.3 Å². The summed E-state index contributed by atoms with van der Waals surface area (Å²) in [4.78, 5) is 16.6. The number of aromatic carboxylic acids is 1. The lowest BCUT2D eigenvalue weighted by Gasteiger charge is -2.12. The molecule has 0 saturated carbocycles. The second kappa shape index (κ2) is 8.55. The molecular weight excluding hydrogens is 443 g/mol. The van der Waals surface area contributed by atoms with Gasteiger partial charge < -0.3 is 15.8 Å². The van der Waals surface area contributed by atoms with Crippen LogP contribution in [-0.2, 0) is 0 Å². The average molecular weight is 457 g/mol. The van der Waals surface area contributed by atoms with Gasteiger partial charge in [-0.1, -0.05) is 47.5 Å². The first kappa shape index (κ1) is 20.5. The van der Waals surface area contributed by atoms with Gasteiger partial charge in [0.2, 0.25) is 0 Å². The van der Waals surface area contributed by atoms with Gasteiger partial charge in [-0.2, -0.15) is 0 Å². The lowest BCUT2D eigenvalue weighted by atomic mass is 9.96. The van der Waals surface area contributed by atoms with E-state index >= 15 is 0 Å². The third-order valence-electron chi connectivity index (χ3n) is 4.58. The number of aromatic nitrogens is 1. The van der Waals surface area contributed by atoms with Crippen molar-refractivity contribution >= 4 is 46.2 Å². The SMILES string of the molecule is O=C(O)c1cc(-c2nc(-c3cc(Cl)ccc3Cl)cs2)ccc1-c1ccccc1[NH2+][O-]. The van der Waals surface area contributed by atoms with Crippen LogP contribution in [0.5, 0.6) is 0 Å². The standard InChI is InChI=1S/C22H14Cl2N2O3S/c23-13-6-8-18(24)17(10-13)20-11-30-21(25-20)12-5-7-14(16(9-12)22(27)28)15-3-1-2-4-19(15)26-29/h1-11H,26H2,(H,27,28). The van der Waals surface area contributed by atoms with E-state index in [0.29, 0.717) is 48.7 Å². The van der Waals surface area contributed by atoms with Gasteiger partial charge >= 0.3 is 5.97 Å². The number of benzene rings is 3. The predicted molar refractivity (Wildman–Crippen MR) is 120 cm³/mol. The smallest absolute Gasteiger partial charge is 0.336 e. The fraction of sp³-hybridized carbons (Fsp3) is 0. The zero-order valence-corrected chi connectivity index (χ0v) is 17.6. The van der Waals surface area contributed by atoms with E-state index in [1.165, 1.54) is 11.3 Å². The highest BCUT2D eigenvalue weighted by atomic mass is 35.5. The number of carboxylic acid groups (broad SMARTS) is 1. The van der Waals surface area contributed by atoms with Crippen LogP contribution in [-0.4, -0.2) is 16.1 Å². The van der Waals surface area contributed by atoms with Crippen LogP contribution < -0.4 is 5.48 Å². The van der Waals surface area contributed by atoms with Gasteiger partial charge in [0.1, 0.15) is 10.7 Å². The van der Waals surface area contributed by atoms with Crippen LogP contribution in [0.2, 0.25) is 10.0 Å². The molecule has 4 rings (SSSR count). The molecule has 0 atom stereocenters. The van der Waals surface area contributed by atoms with E-state index in [4.69, 9.17) is 23.2 Å². The number of halogens is 2.